The molecule has 6 nitrogen and oxygen atoms in total. The summed E-state index contributed by atoms with van der Waals surface area (Å²) in [4.78, 5) is 15.9. The van der Waals surface area contributed by atoms with E-state index in [0.717, 1.165) is 0 Å². The predicted octanol–water partition coefficient (Wildman–Crippen LogP) is 2.31. The number of aromatic hydroxyl groups is 1. The van der Waals surface area contributed by atoms with Gasteiger partial charge in [-0.25, -0.2) is 9.79 Å². The van der Waals surface area contributed by atoms with Crippen LogP contribution in [0.5, 0.6) is 11.5 Å². The Labute approximate surface area is 130 Å². The average Bonchev–Trinajstić information content (AvgIpc) is 2.74. The molecule has 4 N–H and O–H groups in total. The van der Waals surface area contributed by atoms with Crippen molar-refractivity contribution in [2.75, 3.05) is 0 Å². The molecular weight excluding hydrogens is 306 g/mol. The van der Waals surface area contributed by atoms with E-state index in [-0.39, 0.29) is 28.7 Å². The lowest BCUT2D eigenvalue weighted by molar-refractivity contribution is 0.0734. The van der Waals surface area contributed by atoms with E-state index >= 15 is 0 Å². The van der Waals surface area contributed by atoms with Crippen molar-refractivity contribution in [1.29, 1.82) is 5.41 Å². The molecule has 7 heteroatoms. The Morgan fingerprint density at radius 3 is 2.64 bits per heavy atom. The fourth-order valence-electron chi connectivity index (χ4n) is 2.11. The molecule has 110 valence electrons. The number of halogens is 1. The maximum Gasteiger partial charge on any atom is 0.343 e. The number of phenols is 1. The number of esters is 1. The molecule has 0 aromatic heterocycles. The summed E-state index contributed by atoms with van der Waals surface area (Å²) in [5, 5.41) is 18.0. The largest absolute Gasteiger partial charge is 0.508 e. The van der Waals surface area contributed by atoms with Crippen LogP contribution in [0, 0.1) is 5.41 Å². The first-order chi connectivity index (χ1) is 10.5. The molecule has 2 aromatic carbocycles. The Balaban J connectivity index is 1.97. The Hall–Kier alpha value is -2.86. The first-order valence-electron chi connectivity index (χ1n) is 6.24. The zero-order chi connectivity index (χ0) is 15.9. The second-order valence-corrected chi connectivity index (χ2v) is 5.04. The Morgan fingerprint density at radius 2 is 1.95 bits per heavy atom. The van der Waals surface area contributed by atoms with Gasteiger partial charge in [-0.3, -0.25) is 5.41 Å². The molecule has 0 saturated carbocycles. The molecule has 0 fully saturated rings. The van der Waals surface area contributed by atoms with Gasteiger partial charge in [-0.05, 0) is 30.3 Å². The lowest BCUT2D eigenvalue weighted by Crippen LogP contribution is -2.13. The molecule has 0 amide bonds. The van der Waals surface area contributed by atoms with Gasteiger partial charge in [0.05, 0.1) is 11.1 Å². The summed E-state index contributed by atoms with van der Waals surface area (Å²) < 4.78 is 5.27. The van der Waals surface area contributed by atoms with Crippen LogP contribution in [0.4, 0.5) is 0 Å². The van der Waals surface area contributed by atoms with Gasteiger partial charge in [-0.1, -0.05) is 11.6 Å². The number of aliphatic imine (C=N–C) groups is 1. The van der Waals surface area contributed by atoms with Crippen LogP contribution in [0.3, 0.4) is 0 Å². The van der Waals surface area contributed by atoms with Gasteiger partial charge in [0.1, 0.15) is 17.3 Å². The highest BCUT2D eigenvalue weighted by Crippen LogP contribution is 2.32. The van der Waals surface area contributed by atoms with Crippen LogP contribution in [-0.2, 0) is 0 Å². The van der Waals surface area contributed by atoms with Crippen molar-refractivity contribution in [2.24, 2.45) is 10.7 Å². The lowest BCUT2D eigenvalue weighted by Gasteiger charge is -2.10. The number of fused-ring (bicyclic) bond motifs is 1. The highest BCUT2D eigenvalue weighted by Gasteiger charge is 2.25. The van der Waals surface area contributed by atoms with Gasteiger partial charge in [0.2, 0.25) is 0 Å². The third-order valence-corrected chi connectivity index (χ3v) is 3.37. The molecule has 0 bridgehead atoms. The van der Waals surface area contributed by atoms with Crippen LogP contribution in [0.25, 0.3) is 0 Å². The van der Waals surface area contributed by atoms with Crippen molar-refractivity contribution >= 4 is 29.2 Å². The summed E-state index contributed by atoms with van der Waals surface area (Å²) >= 11 is 5.77. The fourth-order valence-corrected chi connectivity index (χ4v) is 2.24. The number of rotatable bonds is 2. The molecule has 3 rings (SSSR count). The first kappa shape index (κ1) is 14.1. The average molecular weight is 316 g/mol. The molecule has 1 heterocycles. The fraction of sp³-hybridized carbons (Fsp3) is 0. The summed E-state index contributed by atoms with van der Waals surface area (Å²) in [5.74, 6) is -0.761. The van der Waals surface area contributed by atoms with Crippen LogP contribution in [0.2, 0.25) is 5.02 Å². The van der Waals surface area contributed by atoms with Gasteiger partial charge in [-0.2, -0.15) is 0 Å². The number of carbonyl (C=O) groups is 1. The highest BCUT2D eigenvalue weighted by atomic mass is 35.5. The van der Waals surface area contributed by atoms with E-state index in [2.05, 4.69) is 4.99 Å². The molecule has 0 saturated heterocycles. The van der Waals surface area contributed by atoms with Gasteiger partial charge in [-0.15, -0.1) is 0 Å². The van der Waals surface area contributed by atoms with E-state index in [9.17, 15) is 9.90 Å². The van der Waals surface area contributed by atoms with Crippen molar-refractivity contribution in [3.8, 4) is 11.5 Å². The van der Waals surface area contributed by atoms with E-state index in [1.165, 1.54) is 24.3 Å². The lowest BCUT2D eigenvalue weighted by atomic mass is 10.1. The van der Waals surface area contributed by atoms with Gasteiger partial charge in [0.25, 0.3) is 0 Å². The van der Waals surface area contributed by atoms with E-state index in [1.807, 2.05) is 0 Å². The minimum atomic E-state index is -0.636. The number of amidine groups is 2. The van der Waals surface area contributed by atoms with Gasteiger partial charge >= 0.3 is 5.97 Å². The Bertz CT molecular complexity index is 829. The number of benzene rings is 2. The molecule has 22 heavy (non-hydrogen) atoms. The standard InChI is InChI=1S/C15H10ClN3O3/c16-8-3-1-7(2-4-8)15(21)22-11-6-9(20)5-10-12(11)14(18)19-13(10)17/h1-6,20H,(H3,17,18,19). The van der Waals surface area contributed by atoms with E-state index in [0.29, 0.717) is 16.1 Å². The van der Waals surface area contributed by atoms with E-state index in [1.54, 1.807) is 12.1 Å². The zero-order valence-corrected chi connectivity index (χ0v) is 11.9. The molecule has 0 atom stereocenters. The third-order valence-electron chi connectivity index (χ3n) is 3.11. The minimum absolute atomic E-state index is 0.0316. The van der Waals surface area contributed by atoms with Crippen molar-refractivity contribution in [1.82, 2.24) is 0 Å². The number of hydrogen-bond acceptors (Lipinski definition) is 5. The Morgan fingerprint density at radius 1 is 1.27 bits per heavy atom. The summed E-state index contributed by atoms with van der Waals surface area (Å²) in [6, 6.07) is 8.78. The monoisotopic (exact) mass is 315 g/mol. The van der Waals surface area contributed by atoms with Crippen LogP contribution in [0.1, 0.15) is 21.5 Å². The van der Waals surface area contributed by atoms with Crippen LogP contribution >= 0.6 is 11.6 Å². The summed E-state index contributed by atoms with van der Waals surface area (Å²) in [7, 11) is 0. The SMILES string of the molecule is N=C1N=C(N)c2cc(O)cc(OC(=O)c3ccc(Cl)cc3)c21. The molecule has 0 aliphatic carbocycles. The zero-order valence-electron chi connectivity index (χ0n) is 11.1. The van der Waals surface area contributed by atoms with Gasteiger partial charge in [0, 0.05) is 16.7 Å². The molecule has 1 aliphatic rings. The number of nitrogens with two attached hydrogens (primary N) is 1. The summed E-state index contributed by atoms with van der Waals surface area (Å²) in [6.07, 6.45) is 0. The van der Waals surface area contributed by atoms with Gasteiger partial charge < -0.3 is 15.6 Å². The predicted molar refractivity (Wildman–Crippen MR) is 82.1 cm³/mol. The third kappa shape index (κ3) is 2.40. The number of phenolic OH excluding ortho intramolecular Hbond substituents is 1. The number of hydrogen-bond donors (Lipinski definition) is 3. The van der Waals surface area contributed by atoms with Crippen molar-refractivity contribution in [3.05, 3.63) is 58.1 Å². The summed E-state index contributed by atoms with van der Waals surface area (Å²) in [5.41, 5.74) is 6.61. The molecule has 1 aliphatic heterocycles. The van der Waals surface area contributed by atoms with Crippen molar-refractivity contribution in [3.63, 3.8) is 0 Å². The second-order valence-electron chi connectivity index (χ2n) is 4.61. The van der Waals surface area contributed by atoms with Crippen LogP contribution in [0.15, 0.2) is 41.4 Å². The minimum Gasteiger partial charge on any atom is -0.508 e. The second kappa shape index (κ2) is 5.16. The molecule has 2 aromatic rings. The number of nitrogens with zero attached hydrogens (tertiary/aromatic N) is 1. The topological polar surface area (TPSA) is 109 Å². The molecule has 0 unspecified atom stereocenters. The van der Waals surface area contributed by atoms with E-state index in [4.69, 9.17) is 27.5 Å². The quantitative estimate of drug-likeness (QED) is 0.583. The van der Waals surface area contributed by atoms with Crippen molar-refractivity contribution in [2.45, 2.75) is 0 Å². The van der Waals surface area contributed by atoms with Crippen LogP contribution in [-0.4, -0.2) is 22.7 Å². The highest BCUT2D eigenvalue weighted by molar-refractivity contribution is 6.30. The van der Waals surface area contributed by atoms with Crippen LogP contribution < -0.4 is 10.5 Å². The van der Waals surface area contributed by atoms with E-state index < -0.39 is 5.97 Å². The summed E-state index contributed by atoms with van der Waals surface area (Å²) in [6.45, 7) is 0. The maximum atomic E-state index is 12.1. The molecular formula is C15H10ClN3O3. The smallest absolute Gasteiger partial charge is 0.343 e. The number of ether oxygens (including phenoxy) is 1. The number of carbonyl (C=O) groups excluding carboxylic acids is 1. The maximum absolute atomic E-state index is 12.1. The molecule has 0 radical (unpaired) electrons. The van der Waals surface area contributed by atoms with Crippen molar-refractivity contribution < 1.29 is 14.6 Å². The normalized spacial score (nSPS) is 12.8. The van der Waals surface area contributed by atoms with Gasteiger partial charge in [0.15, 0.2) is 5.84 Å². The number of nitrogens with one attached hydrogen (secondary N) is 1. The molecule has 0 spiro atoms. The Kier molecular flexibility index (Phi) is 3.30. The first-order valence-corrected chi connectivity index (χ1v) is 6.61.